The Hall–Kier alpha value is -2.65. The first-order chi connectivity index (χ1) is 10.8. The molecule has 3 rings (SSSR count). The molecule has 1 aromatic heterocycles. The molecule has 0 aliphatic rings. The summed E-state index contributed by atoms with van der Waals surface area (Å²) in [5.74, 6) is -1.10. The summed E-state index contributed by atoms with van der Waals surface area (Å²) in [5.41, 5.74) is 0.460. The van der Waals surface area contributed by atoms with Crippen molar-refractivity contribution in [3.63, 3.8) is 0 Å². The fourth-order valence-electron chi connectivity index (χ4n) is 2.12. The summed E-state index contributed by atoms with van der Waals surface area (Å²) < 4.78 is 57.5. The molecule has 0 aliphatic carbocycles. The first-order valence-corrected chi connectivity index (χ1v) is 7.74. The van der Waals surface area contributed by atoms with Crippen molar-refractivity contribution in [2.24, 2.45) is 0 Å². The Morgan fingerprint density at radius 3 is 2.52 bits per heavy atom. The van der Waals surface area contributed by atoms with Crippen LogP contribution in [0.25, 0.3) is 10.8 Å². The second-order valence-electron chi connectivity index (χ2n) is 4.63. The summed E-state index contributed by atoms with van der Waals surface area (Å²) in [7, 11) is -4.32. The maximum absolute atomic E-state index is 13.1. The van der Waals surface area contributed by atoms with Crippen LogP contribution in [0.1, 0.15) is 0 Å². The summed E-state index contributed by atoms with van der Waals surface area (Å²) in [6.07, 6.45) is -1.21. The second-order valence-corrected chi connectivity index (χ2v) is 6.06. The van der Waals surface area contributed by atoms with E-state index in [1.54, 1.807) is 18.2 Å². The van der Waals surface area contributed by atoms with Crippen LogP contribution in [0.15, 0.2) is 47.4 Å². The monoisotopic (exact) mass is 337 g/mol. The lowest BCUT2D eigenvalue weighted by Gasteiger charge is -2.10. The second kappa shape index (κ2) is 5.52. The number of nitrogens with one attached hydrogen (secondary N) is 1. The van der Waals surface area contributed by atoms with Gasteiger partial charge in [-0.1, -0.05) is 18.2 Å². The Morgan fingerprint density at radius 1 is 1.04 bits per heavy atom. The van der Waals surface area contributed by atoms with Crippen molar-refractivity contribution in [1.82, 2.24) is 9.97 Å². The molecule has 0 atom stereocenters. The largest absolute Gasteiger partial charge is 0.339 e. The van der Waals surface area contributed by atoms with Gasteiger partial charge in [-0.3, -0.25) is 4.55 Å². The zero-order valence-electron chi connectivity index (χ0n) is 11.4. The smallest absolute Gasteiger partial charge is 0.313 e. The minimum atomic E-state index is -4.32. The van der Waals surface area contributed by atoms with Crippen molar-refractivity contribution in [1.29, 1.82) is 0 Å². The predicted octanol–water partition coefficient (Wildman–Crippen LogP) is 2.90. The van der Waals surface area contributed by atoms with Gasteiger partial charge >= 0.3 is 6.08 Å². The normalized spacial score (nSPS) is 11.6. The Labute approximate surface area is 129 Å². The molecule has 3 aromatic rings. The molecular formula is C14H9F2N3O3S. The highest BCUT2D eigenvalue weighted by Crippen LogP contribution is 2.28. The van der Waals surface area contributed by atoms with Gasteiger partial charge in [0.1, 0.15) is 5.82 Å². The summed E-state index contributed by atoms with van der Waals surface area (Å²) in [5, 5.41) is 3.84. The molecule has 0 amide bonds. The summed E-state index contributed by atoms with van der Waals surface area (Å²) >= 11 is 0. The van der Waals surface area contributed by atoms with Crippen molar-refractivity contribution < 1.29 is 21.8 Å². The molecule has 2 aromatic carbocycles. The molecule has 0 radical (unpaired) electrons. The van der Waals surface area contributed by atoms with Gasteiger partial charge in [-0.2, -0.15) is 27.2 Å². The fourth-order valence-corrected chi connectivity index (χ4v) is 2.64. The molecule has 0 aliphatic heterocycles. The highest BCUT2D eigenvalue weighted by molar-refractivity contribution is 7.85. The molecule has 0 bridgehead atoms. The third kappa shape index (κ3) is 3.25. The lowest BCUT2D eigenvalue weighted by molar-refractivity contribution is 0.482. The van der Waals surface area contributed by atoms with E-state index in [1.165, 1.54) is 18.2 Å². The molecule has 0 unspecified atom stereocenters. The number of rotatable bonds is 3. The van der Waals surface area contributed by atoms with Crippen LogP contribution < -0.4 is 5.32 Å². The summed E-state index contributed by atoms with van der Waals surface area (Å²) in [6, 6.07) is 9.79. The topological polar surface area (TPSA) is 92.2 Å². The van der Waals surface area contributed by atoms with Gasteiger partial charge in [-0.25, -0.2) is 0 Å². The molecule has 0 spiro atoms. The number of fused-ring (bicyclic) bond motifs is 1. The first-order valence-electron chi connectivity index (χ1n) is 6.30. The zero-order chi connectivity index (χ0) is 16.6. The lowest BCUT2D eigenvalue weighted by atomic mass is 10.1. The van der Waals surface area contributed by atoms with Crippen molar-refractivity contribution in [3.05, 3.63) is 54.5 Å². The number of nitrogens with zero attached hydrogens (tertiary/aromatic N) is 2. The molecule has 2 N–H and O–H groups in total. The first kappa shape index (κ1) is 15.3. The van der Waals surface area contributed by atoms with Gasteiger partial charge in [0.25, 0.3) is 10.1 Å². The number of benzene rings is 2. The average Bonchev–Trinajstić information content (AvgIpc) is 2.45. The Bertz CT molecular complexity index is 989. The van der Waals surface area contributed by atoms with Crippen LogP contribution in [-0.4, -0.2) is 22.9 Å². The standard InChI is InChI=1S/C14H9F2N3O3S/c15-12-7-13(19-14(16)18-12)17-11-3-1-2-8-6-9(23(20,21)22)4-5-10(8)11/h1-7H,(H,17,18,19)(H,20,21,22). The average molecular weight is 337 g/mol. The van der Waals surface area contributed by atoms with Crippen LogP contribution in [0.4, 0.5) is 20.3 Å². The maximum atomic E-state index is 13.1. The molecule has 0 saturated heterocycles. The minimum absolute atomic E-state index is 0.0821. The molecule has 9 heteroatoms. The van der Waals surface area contributed by atoms with E-state index in [9.17, 15) is 17.2 Å². The summed E-state index contributed by atoms with van der Waals surface area (Å²) in [6.45, 7) is 0. The highest BCUT2D eigenvalue weighted by atomic mass is 32.2. The van der Waals surface area contributed by atoms with E-state index in [2.05, 4.69) is 15.3 Å². The quantitative estimate of drug-likeness (QED) is 0.434. The van der Waals surface area contributed by atoms with Gasteiger partial charge in [-0.15, -0.1) is 0 Å². The van der Waals surface area contributed by atoms with Crippen LogP contribution in [0.2, 0.25) is 0 Å². The Kier molecular flexibility index (Phi) is 3.66. The van der Waals surface area contributed by atoms with Crippen LogP contribution in [0.3, 0.4) is 0 Å². The summed E-state index contributed by atoms with van der Waals surface area (Å²) in [4.78, 5) is 6.08. The van der Waals surface area contributed by atoms with Crippen molar-refractivity contribution in [2.75, 3.05) is 5.32 Å². The molecule has 118 valence electrons. The van der Waals surface area contributed by atoms with Crippen molar-refractivity contribution >= 4 is 32.4 Å². The van der Waals surface area contributed by atoms with E-state index in [1.807, 2.05) is 0 Å². The van der Waals surface area contributed by atoms with Gasteiger partial charge in [0.05, 0.1) is 4.90 Å². The van der Waals surface area contributed by atoms with E-state index < -0.39 is 22.1 Å². The molecule has 6 nitrogen and oxygen atoms in total. The maximum Gasteiger partial charge on any atom is 0.313 e. The lowest BCUT2D eigenvalue weighted by Crippen LogP contribution is -2.01. The minimum Gasteiger partial charge on any atom is -0.339 e. The molecule has 1 heterocycles. The van der Waals surface area contributed by atoms with Crippen molar-refractivity contribution in [2.45, 2.75) is 4.90 Å². The molecule has 0 saturated carbocycles. The zero-order valence-corrected chi connectivity index (χ0v) is 12.2. The third-order valence-electron chi connectivity index (χ3n) is 3.08. The number of hydrogen-bond donors (Lipinski definition) is 2. The van der Waals surface area contributed by atoms with Gasteiger partial charge < -0.3 is 5.32 Å². The van der Waals surface area contributed by atoms with Gasteiger partial charge in [0.2, 0.25) is 5.95 Å². The number of aromatic nitrogens is 2. The van der Waals surface area contributed by atoms with E-state index in [0.717, 1.165) is 6.07 Å². The van der Waals surface area contributed by atoms with Crippen molar-refractivity contribution in [3.8, 4) is 0 Å². The molecular weight excluding hydrogens is 328 g/mol. The van der Waals surface area contributed by atoms with E-state index in [4.69, 9.17) is 4.55 Å². The van der Waals surface area contributed by atoms with E-state index >= 15 is 0 Å². The number of halogens is 2. The Balaban J connectivity index is 2.08. The van der Waals surface area contributed by atoms with Gasteiger partial charge in [0.15, 0.2) is 0 Å². The predicted molar refractivity (Wildman–Crippen MR) is 79.0 cm³/mol. The SMILES string of the molecule is O=S(=O)(O)c1ccc2c(Nc3cc(F)nc(F)n3)cccc2c1. The Morgan fingerprint density at radius 2 is 1.83 bits per heavy atom. The number of anilines is 2. The van der Waals surface area contributed by atoms with E-state index in [0.29, 0.717) is 16.5 Å². The van der Waals surface area contributed by atoms with Crippen LogP contribution in [0, 0.1) is 12.0 Å². The highest BCUT2D eigenvalue weighted by Gasteiger charge is 2.12. The van der Waals surface area contributed by atoms with Gasteiger partial charge in [-0.05, 0) is 23.6 Å². The molecule has 23 heavy (non-hydrogen) atoms. The van der Waals surface area contributed by atoms with Crippen LogP contribution >= 0.6 is 0 Å². The molecule has 0 fully saturated rings. The number of hydrogen-bond acceptors (Lipinski definition) is 5. The fraction of sp³-hybridized carbons (Fsp3) is 0. The van der Waals surface area contributed by atoms with E-state index in [-0.39, 0.29) is 10.7 Å². The van der Waals surface area contributed by atoms with Crippen LogP contribution in [-0.2, 0) is 10.1 Å². The van der Waals surface area contributed by atoms with Crippen LogP contribution in [0.5, 0.6) is 0 Å². The third-order valence-corrected chi connectivity index (χ3v) is 3.93. The van der Waals surface area contributed by atoms with Gasteiger partial charge in [0, 0.05) is 17.1 Å².